The van der Waals surface area contributed by atoms with Crippen LogP contribution >= 0.6 is 0 Å². The monoisotopic (exact) mass is 806 g/mol. The van der Waals surface area contributed by atoms with Crippen LogP contribution in [0.15, 0.2) is 54.7 Å². The van der Waals surface area contributed by atoms with Crippen LogP contribution in [0.3, 0.4) is 0 Å². The number of H-pyrrole nitrogens is 2. The van der Waals surface area contributed by atoms with Crippen molar-refractivity contribution >= 4 is 24.0 Å². The molecule has 14 nitrogen and oxygen atoms in total. The number of methoxy groups -OCH3 is 2. The average molecular weight is 807 g/mol. The molecule has 0 aliphatic carbocycles. The largest absolute Gasteiger partial charge is 0.453 e. The number of benzene rings is 2. The van der Waals surface area contributed by atoms with Crippen molar-refractivity contribution < 1.29 is 28.7 Å². The van der Waals surface area contributed by atoms with E-state index in [1.54, 1.807) is 0 Å². The lowest BCUT2D eigenvalue weighted by Crippen LogP contribution is -2.51. The maximum atomic E-state index is 13.9. The van der Waals surface area contributed by atoms with Gasteiger partial charge >= 0.3 is 12.2 Å². The Hall–Kier alpha value is -5.66. The molecule has 0 saturated carbocycles. The number of fused-ring (bicyclic) bond motifs is 4. The summed E-state index contributed by atoms with van der Waals surface area (Å²) in [6.07, 6.45) is 11.7. The minimum absolute atomic E-state index is 0.0748. The van der Waals surface area contributed by atoms with Crippen molar-refractivity contribution in [3.8, 4) is 33.6 Å². The Morgan fingerprint density at radius 3 is 2.05 bits per heavy atom. The van der Waals surface area contributed by atoms with Crippen LogP contribution < -0.4 is 10.6 Å². The number of alkyl carbamates (subject to hydrolysis) is 2. The number of imidazole rings is 2. The summed E-state index contributed by atoms with van der Waals surface area (Å²) in [6, 6.07) is 15.2. The van der Waals surface area contributed by atoms with E-state index in [4.69, 9.17) is 19.4 Å². The maximum Gasteiger partial charge on any atom is 0.407 e. The van der Waals surface area contributed by atoms with Gasteiger partial charge in [-0.05, 0) is 67.6 Å². The molecule has 0 unspecified atom stereocenters. The van der Waals surface area contributed by atoms with Crippen molar-refractivity contribution in [1.29, 1.82) is 0 Å². The molecule has 5 heterocycles. The van der Waals surface area contributed by atoms with E-state index in [0.717, 1.165) is 122 Å². The average Bonchev–Trinajstić information content (AvgIpc) is 4.09. The lowest BCUT2D eigenvalue weighted by molar-refractivity contribution is -0.135. The predicted octanol–water partition coefficient (Wildman–Crippen LogP) is 7.85. The van der Waals surface area contributed by atoms with Gasteiger partial charge in [0.2, 0.25) is 11.8 Å². The number of nitrogens with one attached hydrogen (secondary N) is 4. The Labute approximate surface area is 346 Å². The Balaban J connectivity index is 1.06. The Morgan fingerprint density at radius 1 is 0.729 bits per heavy atom. The van der Waals surface area contributed by atoms with E-state index in [1.165, 1.54) is 14.2 Å². The summed E-state index contributed by atoms with van der Waals surface area (Å²) in [5.74, 6) is 1.22. The molecule has 3 aliphatic rings. The molecule has 7 rings (SSSR count). The van der Waals surface area contributed by atoms with E-state index in [9.17, 15) is 19.2 Å². The van der Waals surface area contributed by atoms with E-state index in [1.807, 2.05) is 29.8 Å². The summed E-state index contributed by atoms with van der Waals surface area (Å²) in [5.41, 5.74) is 7.05. The number of carbonyl (C=O) groups excluding carboxylic acids is 4. The van der Waals surface area contributed by atoms with Crippen molar-refractivity contribution in [2.45, 2.75) is 115 Å². The van der Waals surface area contributed by atoms with Gasteiger partial charge in [-0.3, -0.25) is 9.59 Å². The molecular formula is C45H58N8O6. The van der Waals surface area contributed by atoms with E-state index in [-0.39, 0.29) is 29.8 Å². The number of aromatic nitrogens is 4. The molecule has 314 valence electrons. The topological polar surface area (TPSA) is 175 Å². The fraction of sp³-hybridized carbons (Fsp3) is 0.511. The van der Waals surface area contributed by atoms with E-state index >= 15 is 0 Å². The Bertz CT molecular complexity index is 2080. The first-order valence-electron chi connectivity index (χ1n) is 21.3. The SMILES string of the molecule is COC(=O)N[C@H]1CCCCCCCCc2[nH]c(nc2-c2ccc(-c3ccc(-c4cnc([C@@H]5CCCN5C(=O)[C@@H](NC(=O)OC)C(C)C)[nH]4)cc3)cc2)[C@@H]2CCCN2C1=O. The fourth-order valence-electron chi connectivity index (χ4n) is 8.85. The highest BCUT2D eigenvalue weighted by atomic mass is 16.5. The van der Waals surface area contributed by atoms with Gasteiger partial charge in [-0.1, -0.05) is 94.5 Å². The number of hydrogen-bond acceptors (Lipinski definition) is 8. The number of aryl methyl sites for hydroxylation is 1. The molecule has 14 heteroatoms. The molecule has 3 aliphatic heterocycles. The third-order valence-electron chi connectivity index (χ3n) is 12.1. The third-order valence-corrected chi connectivity index (χ3v) is 12.1. The highest BCUT2D eigenvalue weighted by Crippen LogP contribution is 2.36. The lowest BCUT2D eigenvalue weighted by atomic mass is 9.99. The number of aromatic amines is 2. The first kappa shape index (κ1) is 41.5. The van der Waals surface area contributed by atoms with Crippen LogP contribution in [0.2, 0.25) is 0 Å². The van der Waals surface area contributed by atoms with Gasteiger partial charge in [-0.15, -0.1) is 0 Å². The van der Waals surface area contributed by atoms with E-state index < -0.39 is 24.3 Å². The zero-order valence-corrected chi connectivity index (χ0v) is 34.7. The zero-order chi connectivity index (χ0) is 41.5. The van der Waals surface area contributed by atoms with Crippen molar-refractivity contribution in [2.24, 2.45) is 5.92 Å². The number of carbonyl (C=O) groups is 4. The van der Waals surface area contributed by atoms with Crippen LogP contribution in [-0.4, -0.2) is 93.1 Å². The van der Waals surface area contributed by atoms with Crippen molar-refractivity contribution in [1.82, 2.24) is 40.4 Å². The summed E-state index contributed by atoms with van der Waals surface area (Å²) in [6.45, 7) is 5.03. The molecule has 2 fully saturated rings. The second kappa shape index (κ2) is 18.9. The number of amides is 4. The molecule has 4 N–H and O–H groups in total. The zero-order valence-electron chi connectivity index (χ0n) is 34.7. The third kappa shape index (κ3) is 9.47. The van der Waals surface area contributed by atoms with Gasteiger partial charge in [0.15, 0.2) is 0 Å². The number of nitrogens with zero attached hydrogens (tertiary/aromatic N) is 4. The summed E-state index contributed by atoms with van der Waals surface area (Å²) in [4.78, 5) is 72.4. The first-order chi connectivity index (χ1) is 28.6. The second-order valence-corrected chi connectivity index (χ2v) is 16.4. The van der Waals surface area contributed by atoms with Crippen LogP contribution in [-0.2, 0) is 25.5 Å². The standard InChI is InChI=1S/C45H58N8O6/c1-28(2)38(51-45(57)59-4)43(55)53-26-11-15-36(53)40-46-27-35(48-40)31-21-17-29(18-22-31)30-19-23-32(24-20-30)39-33-13-9-7-5-6-8-10-14-34(49-44(56)58-3)42(54)52-25-12-16-37(52)41(47-33)50-39/h17-24,27-28,34,36-38H,5-16,25-26H2,1-4H3,(H,46,48)(H,47,50)(H,49,56)(H,51,57)/t34-,36-,37-,38-/m0/s1. The highest BCUT2D eigenvalue weighted by Gasteiger charge is 2.38. The van der Waals surface area contributed by atoms with Crippen LogP contribution in [0.5, 0.6) is 0 Å². The van der Waals surface area contributed by atoms with Crippen LogP contribution in [0.1, 0.15) is 114 Å². The molecule has 59 heavy (non-hydrogen) atoms. The van der Waals surface area contributed by atoms with Gasteiger partial charge in [0.25, 0.3) is 0 Å². The predicted molar refractivity (Wildman–Crippen MR) is 224 cm³/mol. The van der Waals surface area contributed by atoms with Gasteiger partial charge in [0.05, 0.1) is 43.9 Å². The van der Waals surface area contributed by atoms with Gasteiger partial charge < -0.3 is 39.9 Å². The fourth-order valence-corrected chi connectivity index (χ4v) is 8.85. The minimum atomic E-state index is -0.687. The van der Waals surface area contributed by atoms with Crippen LogP contribution in [0.4, 0.5) is 9.59 Å². The second-order valence-electron chi connectivity index (χ2n) is 16.4. The number of likely N-dealkylation sites (tertiary alicyclic amines) is 1. The van der Waals surface area contributed by atoms with Crippen molar-refractivity contribution in [3.63, 3.8) is 0 Å². The minimum Gasteiger partial charge on any atom is -0.453 e. The number of hydrogen-bond donors (Lipinski definition) is 4. The molecule has 4 aromatic rings. The maximum absolute atomic E-state index is 13.9. The molecule has 2 saturated heterocycles. The summed E-state index contributed by atoms with van der Waals surface area (Å²) < 4.78 is 9.64. The van der Waals surface area contributed by atoms with Crippen LogP contribution in [0, 0.1) is 5.92 Å². The van der Waals surface area contributed by atoms with Crippen LogP contribution in [0.25, 0.3) is 33.6 Å². The molecule has 0 spiro atoms. The lowest BCUT2D eigenvalue weighted by Gasteiger charge is -2.30. The quantitative estimate of drug-likeness (QED) is 0.139. The molecule has 2 bridgehead atoms. The summed E-state index contributed by atoms with van der Waals surface area (Å²) in [7, 11) is 2.62. The molecule has 0 radical (unpaired) electrons. The smallest absolute Gasteiger partial charge is 0.407 e. The Kier molecular flexibility index (Phi) is 13.3. The summed E-state index contributed by atoms with van der Waals surface area (Å²) in [5, 5.41) is 5.51. The van der Waals surface area contributed by atoms with E-state index in [2.05, 4.69) is 69.1 Å². The Morgan fingerprint density at radius 2 is 1.36 bits per heavy atom. The van der Waals surface area contributed by atoms with Crippen molar-refractivity contribution in [2.75, 3.05) is 27.3 Å². The van der Waals surface area contributed by atoms with Gasteiger partial charge in [0.1, 0.15) is 23.7 Å². The van der Waals surface area contributed by atoms with Crippen molar-refractivity contribution in [3.05, 3.63) is 72.1 Å². The molecule has 2 aromatic heterocycles. The molecule has 4 atom stereocenters. The number of rotatable bonds is 8. The number of ether oxygens (including phenoxy) is 2. The highest BCUT2D eigenvalue weighted by molar-refractivity contribution is 5.87. The van der Waals surface area contributed by atoms with Gasteiger partial charge in [-0.2, -0.15) is 0 Å². The van der Waals surface area contributed by atoms with E-state index in [0.29, 0.717) is 19.5 Å². The van der Waals surface area contributed by atoms with Gasteiger partial charge in [-0.25, -0.2) is 19.6 Å². The normalized spacial score (nSPS) is 20.7. The molecule has 4 amide bonds. The molecular weight excluding hydrogens is 749 g/mol. The summed E-state index contributed by atoms with van der Waals surface area (Å²) >= 11 is 0. The van der Waals surface area contributed by atoms with Gasteiger partial charge in [0, 0.05) is 24.3 Å². The first-order valence-corrected chi connectivity index (χ1v) is 21.3. The molecule has 2 aromatic carbocycles.